The fourth-order valence-electron chi connectivity index (χ4n) is 1.74. The van der Waals surface area contributed by atoms with E-state index in [1.807, 2.05) is 13.0 Å². The van der Waals surface area contributed by atoms with Gasteiger partial charge in [-0.25, -0.2) is 9.97 Å². The average molecular weight is 223 g/mol. The molecular weight excluding hydrogens is 202 g/mol. The number of hydrogen-bond acceptors (Lipinski definition) is 4. The zero-order valence-corrected chi connectivity index (χ0v) is 10.1. The predicted molar refractivity (Wildman–Crippen MR) is 65.4 cm³/mol. The lowest BCUT2D eigenvalue weighted by atomic mass is 10.0. The van der Waals surface area contributed by atoms with Gasteiger partial charge < -0.3 is 10.4 Å². The molecule has 4 heteroatoms. The largest absolute Gasteiger partial charge is 0.396 e. The summed E-state index contributed by atoms with van der Waals surface area (Å²) >= 11 is 0. The molecule has 90 valence electrons. The molecule has 0 aromatic carbocycles. The first-order chi connectivity index (χ1) is 7.76. The summed E-state index contributed by atoms with van der Waals surface area (Å²) in [5, 5.41) is 12.2. The SMILES string of the molecule is CCCC(CCO)CNc1cc(C)ncn1. The van der Waals surface area contributed by atoms with Gasteiger partial charge in [-0.2, -0.15) is 0 Å². The monoisotopic (exact) mass is 223 g/mol. The summed E-state index contributed by atoms with van der Waals surface area (Å²) < 4.78 is 0. The van der Waals surface area contributed by atoms with Crippen LogP contribution in [0.5, 0.6) is 0 Å². The molecule has 0 aliphatic carbocycles. The fraction of sp³-hybridized carbons (Fsp3) is 0.667. The number of anilines is 1. The van der Waals surface area contributed by atoms with Gasteiger partial charge in [0.25, 0.3) is 0 Å². The molecule has 4 nitrogen and oxygen atoms in total. The number of aliphatic hydroxyl groups excluding tert-OH is 1. The van der Waals surface area contributed by atoms with Gasteiger partial charge in [-0.3, -0.25) is 0 Å². The summed E-state index contributed by atoms with van der Waals surface area (Å²) in [6.07, 6.45) is 4.70. The Morgan fingerprint density at radius 3 is 2.81 bits per heavy atom. The molecule has 2 N–H and O–H groups in total. The molecule has 0 aliphatic heterocycles. The number of rotatable bonds is 7. The van der Waals surface area contributed by atoms with Crippen molar-refractivity contribution in [2.45, 2.75) is 33.1 Å². The molecule has 1 unspecified atom stereocenters. The highest BCUT2D eigenvalue weighted by molar-refractivity contribution is 5.34. The Balaban J connectivity index is 2.41. The van der Waals surface area contributed by atoms with Crippen molar-refractivity contribution in [1.82, 2.24) is 9.97 Å². The van der Waals surface area contributed by atoms with Gasteiger partial charge in [-0.05, 0) is 25.7 Å². The fourth-order valence-corrected chi connectivity index (χ4v) is 1.74. The van der Waals surface area contributed by atoms with Gasteiger partial charge in [0.05, 0.1) is 0 Å². The lowest BCUT2D eigenvalue weighted by molar-refractivity contribution is 0.255. The van der Waals surface area contributed by atoms with Crippen molar-refractivity contribution >= 4 is 5.82 Å². The van der Waals surface area contributed by atoms with Gasteiger partial charge >= 0.3 is 0 Å². The van der Waals surface area contributed by atoms with Crippen molar-refractivity contribution in [3.05, 3.63) is 18.1 Å². The minimum Gasteiger partial charge on any atom is -0.396 e. The minimum atomic E-state index is 0.259. The average Bonchev–Trinajstić information content (AvgIpc) is 2.27. The van der Waals surface area contributed by atoms with E-state index in [0.717, 1.165) is 37.3 Å². The van der Waals surface area contributed by atoms with E-state index >= 15 is 0 Å². The third-order valence-electron chi connectivity index (χ3n) is 2.61. The van der Waals surface area contributed by atoms with Crippen molar-refractivity contribution < 1.29 is 5.11 Å². The summed E-state index contributed by atoms with van der Waals surface area (Å²) in [5.74, 6) is 1.39. The van der Waals surface area contributed by atoms with Gasteiger partial charge in [0.15, 0.2) is 0 Å². The van der Waals surface area contributed by atoms with Crippen LogP contribution in [-0.4, -0.2) is 28.2 Å². The van der Waals surface area contributed by atoms with E-state index < -0.39 is 0 Å². The minimum absolute atomic E-state index is 0.259. The smallest absolute Gasteiger partial charge is 0.129 e. The number of nitrogens with zero attached hydrogens (tertiary/aromatic N) is 2. The molecule has 0 amide bonds. The van der Waals surface area contributed by atoms with Crippen molar-refractivity contribution in [3.63, 3.8) is 0 Å². The molecule has 16 heavy (non-hydrogen) atoms. The summed E-state index contributed by atoms with van der Waals surface area (Å²) in [6, 6.07) is 1.93. The van der Waals surface area contributed by atoms with E-state index in [1.165, 1.54) is 0 Å². The second kappa shape index (κ2) is 7.17. The molecule has 0 fully saturated rings. The van der Waals surface area contributed by atoms with Crippen LogP contribution in [0.15, 0.2) is 12.4 Å². The molecule has 1 aromatic heterocycles. The molecule has 0 spiro atoms. The molecule has 0 radical (unpaired) electrons. The van der Waals surface area contributed by atoms with Crippen LogP contribution in [0.4, 0.5) is 5.82 Å². The topological polar surface area (TPSA) is 58.0 Å². The van der Waals surface area contributed by atoms with Crippen molar-refractivity contribution in [2.24, 2.45) is 5.92 Å². The first-order valence-corrected chi connectivity index (χ1v) is 5.89. The van der Waals surface area contributed by atoms with Crippen LogP contribution in [0, 0.1) is 12.8 Å². The Morgan fingerprint density at radius 1 is 1.38 bits per heavy atom. The Morgan fingerprint density at radius 2 is 2.19 bits per heavy atom. The van der Waals surface area contributed by atoms with Crippen LogP contribution >= 0.6 is 0 Å². The molecule has 0 aliphatic rings. The normalized spacial score (nSPS) is 12.4. The summed E-state index contributed by atoms with van der Waals surface area (Å²) in [6.45, 7) is 5.24. The quantitative estimate of drug-likeness (QED) is 0.742. The van der Waals surface area contributed by atoms with Gasteiger partial charge in [0, 0.05) is 24.9 Å². The maximum Gasteiger partial charge on any atom is 0.129 e. The van der Waals surface area contributed by atoms with Gasteiger partial charge in [-0.1, -0.05) is 13.3 Å². The van der Waals surface area contributed by atoms with Crippen LogP contribution in [0.1, 0.15) is 31.9 Å². The second-order valence-corrected chi connectivity index (χ2v) is 4.09. The number of aliphatic hydroxyl groups is 1. The van der Waals surface area contributed by atoms with E-state index in [2.05, 4.69) is 22.2 Å². The molecule has 1 heterocycles. The first-order valence-electron chi connectivity index (χ1n) is 5.89. The molecule has 1 atom stereocenters. The van der Waals surface area contributed by atoms with Crippen LogP contribution in [0.3, 0.4) is 0 Å². The lowest BCUT2D eigenvalue weighted by Gasteiger charge is -2.15. The molecule has 0 bridgehead atoms. The molecule has 1 rings (SSSR count). The molecule has 0 saturated heterocycles. The van der Waals surface area contributed by atoms with Crippen LogP contribution in [0.2, 0.25) is 0 Å². The van der Waals surface area contributed by atoms with Gasteiger partial charge in [-0.15, -0.1) is 0 Å². The molecular formula is C12H21N3O. The van der Waals surface area contributed by atoms with Gasteiger partial charge in [0.2, 0.25) is 0 Å². The highest BCUT2D eigenvalue weighted by atomic mass is 16.3. The van der Waals surface area contributed by atoms with E-state index in [-0.39, 0.29) is 6.61 Å². The lowest BCUT2D eigenvalue weighted by Crippen LogP contribution is -2.16. The maximum atomic E-state index is 8.95. The standard InChI is InChI=1S/C12H21N3O/c1-3-4-11(5-6-16)8-13-12-7-10(2)14-9-15-12/h7,9,11,16H,3-6,8H2,1-2H3,(H,13,14,15). The van der Waals surface area contributed by atoms with Crippen LogP contribution < -0.4 is 5.32 Å². The zero-order chi connectivity index (χ0) is 11.8. The highest BCUT2D eigenvalue weighted by Crippen LogP contribution is 2.12. The van der Waals surface area contributed by atoms with Crippen molar-refractivity contribution in [1.29, 1.82) is 0 Å². The summed E-state index contributed by atoms with van der Waals surface area (Å²) in [7, 11) is 0. The first kappa shape index (κ1) is 12.9. The van der Waals surface area contributed by atoms with Crippen molar-refractivity contribution in [3.8, 4) is 0 Å². The molecule has 1 aromatic rings. The second-order valence-electron chi connectivity index (χ2n) is 4.09. The Kier molecular flexibility index (Phi) is 5.78. The Hall–Kier alpha value is -1.16. The maximum absolute atomic E-state index is 8.95. The predicted octanol–water partition coefficient (Wildman–Crippen LogP) is 2.00. The van der Waals surface area contributed by atoms with Crippen LogP contribution in [0.25, 0.3) is 0 Å². The van der Waals surface area contributed by atoms with E-state index in [9.17, 15) is 0 Å². The Bertz CT molecular complexity index is 298. The molecule has 0 saturated carbocycles. The van der Waals surface area contributed by atoms with E-state index in [1.54, 1.807) is 6.33 Å². The number of nitrogens with one attached hydrogen (secondary N) is 1. The third kappa shape index (κ3) is 4.57. The van der Waals surface area contributed by atoms with E-state index in [0.29, 0.717) is 5.92 Å². The number of aromatic nitrogens is 2. The number of aryl methyl sites for hydroxylation is 1. The highest BCUT2D eigenvalue weighted by Gasteiger charge is 2.07. The van der Waals surface area contributed by atoms with Crippen LogP contribution in [-0.2, 0) is 0 Å². The summed E-state index contributed by atoms with van der Waals surface area (Å²) in [4.78, 5) is 8.20. The zero-order valence-electron chi connectivity index (χ0n) is 10.1. The van der Waals surface area contributed by atoms with Gasteiger partial charge in [0.1, 0.15) is 12.1 Å². The van der Waals surface area contributed by atoms with Crippen molar-refractivity contribution in [2.75, 3.05) is 18.5 Å². The summed E-state index contributed by atoms with van der Waals surface area (Å²) in [5.41, 5.74) is 0.965. The Labute approximate surface area is 97.1 Å². The number of hydrogen-bond donors (Lipinski definition) is 2. The third-order valence-corrected chi connectivity index (χ3v) is 2.61. The van der Waals surface area contributed by atoms with E-state index in [4.69, 9.17) is 5.11 Å².